The highest BCUT2D eigenvalue weighted by Crippen LogP contribution is 2.08. The van der Waals surface area contributed by atoms with Crippen molar-refractivity contribution >= 4 is 17.9 Å². The average Bonchev–Trinajstić information content (AvgIpc) is 2.83. The van der Waals surface area contributed by atoms with Crippen LogP contribution in [0.5, 0.6) is 0 Å². The van der Waals surface area contributed by atoms with Crippen molar-refractivity contribution in [3.8, 4) is 0 Å². The number of amides is 3. The number of aryl methyl sites for hydroxylation is 1. The number of nitrogens with one attached hydrogen (secondary N) is 1. The van der Waals surface area contributed by atoms with Gasteiger partial charge in [-0.25, -0.2) is 9.59 Å². The molecule has 1 fully saturated rings. The Morgan fingerprint density at radius 3 is 2.42 bits per heavy atom. The van der Waals surface area contributed by atoms with Crippen LogP contribution in [0.15, 0.2) is 12.3 Å². The second kappa shape index (κ2) is 5.59. The Bertz CT molecular complexity index is 465. The molecule has 1 saturated heterocycles. The van der Waals surface area contributed by atoms with E-state index < -0.39 is 0 Å². The van der Waals surface area contributed by atoms with Crippen molar-refractivity contribution in [2.24, 2.45) is 7.05 Å². The maximum Gasteiger partial charge on any atom is 0.409 e. The minimum absolute atomic E-state index is 0.187. The van der Waals surface area contributed by atoms with Gasteiger partial charge in [0, 0.05) is 39.3 Å². The van der Waals surface area contributed by atoms with Crippen LogP contribution < -0.4 is 5.32 Å². The minimum atomic E-state index is -0.355. The van der Waals surface area contributed by atoms with Crippen LogP contribution >= 0.6 is 0 Å². The van der Waals surface area contributed by atoms with Crippen LogP contribution in [-0.4, -0.2) is 65.0 Å². The fourth-order valence-electron chi connectivity index (χ4n) is 1.91. The van der Waals surface area contributed by atoms with Gasteiger partial charge in [0.1, 0.15) is 5.82 Å². The van der Waals surface area contributed by atoms with Gasteiger partial charge in [-0.3, -0.25) is 10.00 Å². The van der Waals surface area contributed by atoms with Crippen LogP contribution in [0.1, 0.15) is 0 Å². The number of piperazine rings is 1. The third kappa shape index (κ3) is 2.95. The highest BCUT2D eigenvalue weighted by Gasteiger charge is 2.24. The van der Waals surface area contributed by atoms with Crippen LogP contribution in [-0.2, 0) is 11.8 Å². The van der Waals surface area contributed by atoms with E-state index in [9.17, 15) is 9.59 Å². The molecule has 8 heteroatoms. The minimum Gasteiger partial charge on any atom is -0.453 e. The number of anilines is 1. The topological polar surface area (TPSA) is 79.7 Å². The summed E-state index contributed by atoms with van der Waals surface area (Å²) >= 11 is 0. The van der Waals surface area contributed by atoms with E-state index in [4.69, 9.17) is 0 Å². The zero-order chi connectivity index (χ0) is 13.8. The van der Waals surface area contributed by atoms with E-state index in [1.165, 1.54) is 7.11 Å². The number of ether oxygens (including phenoxy) is 1. The molecule has 104 valence electrons. The van der Waals surface area contributed by atoms with Gasteiger partial charge < -0.3 is 14.5 Å². The van der Waals surface area contributed by atoms with Crippen molar-refractivity contribution in [1.82, 2.24) is 19.6 Å². The maximum absolute atomic E-state index is 12.0. The highest BCUT2D eigenvalue weighted by molar-refractivity contribution is 5.88. The molecule has 0 radical (unpaired) electrons. The number of carbonyl (C=O) groups excluding carboxylic acids is 2. The first-order valence-electron chi connectivity index (χ1n) is 5.98. The van der Waals surface area contributed by atoms with Crippen LogP contribution in [0.4, 0.5) is 15.4 Å². The molecular weight excluding hydrogens is 250 g/mol. The van der Waals surface area contributed by atoms with Crippen molar-refractivity contribution in [2.75, 3.05) is 38.6 Å². The molecule has 0 aliphatic carbocycles. The molecule has 0 aromatic carbocycles. The average molecular weight is 267 g/mol. The lowest BCUT2D eigenvalue weighted by molar-refractivity contribution is 0.0992. The van der Waals surface area contributed by atoms with Gasteiger partial charge in [0.15, 0.2) is 0 Å². The number of nitrogens with zero attached hydrogens (tertiary/aromatic N) is 4. The summed E-state index contributed by atoms with van der Waals surface area (Å²) in [7, 11) is 3.11. The van der Waals surface area contributed by atoms with E-state index in [0.29, 0.717) is 32.0 Å². The Morgan fingerprint density at radius 1 is 1.26 bits per heavy atom. The normalized spacial score (nSPS) is 15.3. The molecular formula is C11H17N5O3. The summed E-state index contributed by atoms with van der Waals surface area (Å²) in [6.07, 6.45) is 1.26. The van der Waals surface area contributed by atoms with Gasteiger partial charge in [-0.1, -0.05) is 0 Å². The molecule has 19 heavy (non-hydrogen) atoms. The fourth-order valence-corrected chi connectivity index (χ4v) is 1.91. The molecule has 1 N–H and O–H groups in total. The predicted molar refractivity (Wildman–Crippen MR) is 67.8 cm³/mol. The number of methoxy groups -OCH3 is 1. The standard InChI is InChI=1S/C11H17N5O3/c1-14-9(3-4-12-14)13-10(17)15-5-7-16(8-6-15)11(18)19-2/h3-4H,5-8H2,1-2H3,(H,13,17). The summed E-state index contributed by atoms with van der Waals surface area (Å²) in [5.74, 6) is 0.639. The van der Waals surface area contributed by atoms with Crippen molar-refractivity contribution < 1.29 is 14.3 Å². The Morgan fingerprint density at radius 2 is 1.89 bits per heavy atom. The van der Waals surface area contributed by atoms with E-state index in [1.807, 2.05) is 0 Å². The largest absolute Gasteiger partial charge is 0.453 e. The summed E-state index contributed by atoms with van der Waals surface area (Å²) in [6.45, 7) is 1.93. The smallest absolute Gasteiger partial charge is 0.409 e. The molecule has 8 nitrogen and oxygen atoms in total. The maximum atomic E-state index is 12.0. The SMILES string of the molecule is COC(=O)N1CCN(C(=O)Nc2ccnn2C)CC1. The van der Waals surface area contributed by atoms with E-state index in [-0.39, 0.29) is 12.1 Å². The molecule has 1 aromatic heterocycles. The second-order valence-electron chi connectivity index (χ2n) is 4.21. The lowest BCUT2D eigenvalue weighted by Crippen LogP contribution is -2.51. The Labute approximate surface area is 110 Å². The van der Waals surface area contributed by atoms with Crippen LogP contribution in [0, 0.1) is 0 Å². The van der Waals surface area contributed by atoms with Crippen LogP contribution in [0.3, 0.4) is 0 Å². The molecule has 0 unspecified atom stereocenters. The molecule has 1 aromatic rings. The third-order valence-electron chi connectivity index (χ3n) is 3.06. The molecule has 2 rings (SSSR count). The van der Waals surface area contributed by atoms with Crippen molar-refractivity contribution in [3.05, 3.63) is 12.3 Å². The van der Waals surface area contributed by atoms with Crippen LogP contribution in [0.2, 0.25) is 0 Å². The zero-order valence-corrected chi connectivity index (χ0v) is 11.0. The molecule has 0 saturated carbocycles. The van der Waals surface area contributed by atoms with Gasteiger partial charge in [0.25, 0.3) is 0 Å². The summed E-state index contributed by atoms with van der Waals surface area (Å²) in [5, 5.41) is 6.75. The third-order valence-corrected chi connectivity index (χ3v) is 3.06. The first kappa shape index (κ1) is 13.2. The van der Waals surface area contributed by atoms with E-state index in [0.717, 1.165) is 0 Å². The molecule has 2 heterocycles. The summed E-state index contributed by atoms with van der Waals surface area (Å²) in [5.41, 5.74) is 0. The lowest BCUT2D eigenvalue weighted by atomic mass is 10.3. The number of hydrogen-bond donors (Lipinski definition) is 1. The van der Waals surface area contributed by atoms with Gasteiger partial charge in [-0.05, 0) is 0 Å². The number of rotatable bonds is 1. The number of carbonyl (C=O) groups is 2. The zero-order valence-electron chi connectivity index (χ0n) is 11.0. The first-order valence-corrected chi connectivity index (χ1v) is 5.98. The quantitative estimate of drug-likeness (QED) is 0.795. The summed E-state index contributed by atoms with van der Waals surface area (Å²) < 4.78 is 6.23. The van der Waals surface area contributed by atoms with E-state index in [2.05, 4.69) is 15.2 Å². The molecule has 1 aliphatic rings. The Hall–Kier alpha value is -2.25. The van der Waals surface area contributed by atoms with Crippen molar-refractivity contribution in [3.63, 3.8) is 0 Å². The summed E-state index contributed by atoms with van der Waals surface area (Å²) in [6, 6.07) is 1.54. The molecule has 0 spiro atoms. The second-order valence-corrected chi connectivity index (χ2v) is 4.21. The Kier molecular flexibility index (Phi) is 3.88. The number of hydrogen-bond acceptors (Lipinski definition) is 4. The van der Waals surface area contributed by atoms with Gasteiger partial charge in [0.05, 0.1) is 13.3 Å². The molecule has 0 atom stereocenters. The molecule has 3 amide bonds. The number of aromatic nitrogens is 2. The number of urea groups is 1. The summed E-state index contributed by atoms with van der Waals surface area (Å²) in [4.78, 5) is 26.6. The van der Waals surface area contributed by atoms with Gasteiger partial charge in [-0.2, -0.15) is 5.10 Å². The van der Waals surface area contributed by atoms with Gasteiger partial charge in [0.2, 0.25) is 0 Å². The van der Waals surface area contributed by atoms with Crippen molar-refractivity contribution in [2.45, 2.75) is 0 Å². The lowest BCUT2D eigenvalue weighted by Gasteiger charge is -2.33. The monoisotopic (exact) mass is 267 g/mol. The Balaban J connectivity index is 1.86. The molecule has 0 bridgehead atoms. The van der Waals surface area contributed by atoms with Crippen molar-refractivity contribution in [1.29, 1.82) is 0 Å². The van der Waals surface area contributed by atoms with Crippen LogP contribution in [0.25, 0.3) is 0 Å². The molecule has 1 aliphatic heterocycles. The van der Waals surface area contributed by atoms with Gasteiger partial charge in [-0.15, -0.1) is 0 Å². The van der Waals surface area contributed by atoms with E-state index >= 15 is 0 Å². The predicted octanol–water partition coefficient (Wildman–Crippen LogP) is 0.336. The fraction of sp³-hybridized carbons (Fsp3) is 0.545. The van der Waals surface area contributed by atoms with E-state index in [1.54, 1.807) is 33.8 Å². The first-order chi connectivity index (χ1) is 9.11. The highest BCUT2D eigenvalue weighted by atomic mass is 16.5. The van der Waals surface area contributed by atoms with Gasteiger partial charge >= 0.3 is 12.1 Å².